The molecule has 8 nitrogen and oxygen atoms in total. The molecule has 0 bridgehead atoms. The number of fused-ring (bicyclic) bond motifs is 1. The number of rotatable bonds is 4. The predicted octanol–water partition coefficient (Wildman–Crippen LogP) is 1.36. The Balaban J connectivity index is 1.87. The van der Waals surface area contributed by atoms with E-state index in [0.29, 0.717) is 5.69 Å². The van der Waals surface area contributed by atoms with Gasteiger partial charge in [0.25, 0.3) is 0 Å². The van der Waals surface area contributed by atoms with Crippen LogP contribution in [0.2, 0.25) is 0 Å². The topological polar surface area (TPSA) is 102 Å². The normalized spacial score (nSPS) is 13.8. The summed E-state index contributed by atoms with van der Waals surface area (Å²) in [7, 11) is 3.06. The molecule has 2 N–H and O–H groups in total. The largest absolute Gasteiger partial charge is 0.466 e. The van der Waals surface area contributed by atoms with Crippen molar-refractivity contribution in [3.8, 4) is 11.4 Å². The number of anilines is 1. The summed E-state index contributed by atoms with van der Waals surface area (Å²) in [4.78, 5) is 23.0. The zero-order chi connectivity index (χ0) is 17.1. The number of hydrogen-bond donors (Lipinski definition) is 2. The van der Waals surface area contributed by atoms with Gasteiger partial charge in [-0.1, -0.05) is 0 Å². The number of ether oxygens (including phenoxy) is 1. The molecule has 1 amide bonds. The maximum Gasteiger partial charge on any atom is 0.330 e. The fourth-order valence-corrected chi connectivity index (χ4v) is 2.87. The van der Waals surface area contributed by atoms with E-state index in [1.54, 1.807) is 17.9 Å². The van der Waals surface area contributed by atoms with Crippen molar-refractivity contribution in [2.75, 3.05) is 12.4 Å². The van der Waals surface area contributed by atoms with Gasteiger partial charge in [-0.25, -0.2) is 4.79 Å². The summed E-state index contributed by atoms with van der Waals surface area (Å²) < 4.78 is 6.15. The molecule has 0 spiro atoms. The number of aryl methyl sites for hydroxylation is 2. The summed E-state index contributed by atoms with van der Waals surface area (Å²) in [6.45, 7) is 0. The van der Waals surface area contributed by atoms with Gasteiger partial charge in [-0.2, -0.15) is 10.2 Å². The molecule has 8 heteroatoms. The van der Waals surface area contributed by atoms with Crippen molar-refractivity contribution in [3.63, 3.8) is 0 Å². The number of nitrogens with zero attached hydrogens (tertiary/aromatic N) is 3. The molecule has 0 saturated heterocycles. The van der Waals surface area contributed by atoms with Gasteiger partial charge in [0.05, 0.1) is 19.0 Å². The second kappa shape index (κ2) is 6.69. The number of nitrogens with one attached hydrogen (secondary N) is 2. The van der Waals surface area contributed by atoms with Crippen LogP contribution in [0, 0.1) is 0 Å². The second-order valence-corrected chi connectivity index (χ2v) is 5.61. The van der Waals surface area contributed by atoms with Crippen molar-refractivity contribution in [2.24, 2.45) is 7.05 Å². The van der Waals surface area contributed by atoms with E-state index in [-0.39, 0.29) is 0 Å². The second-order valence-electron chi connectivity index (χ2n) is 5.61. The number of esters is 1. The van der Waals surface area contributed by atoms with Crippen molar-refractivity contribution < 1.29 is 14.3 Å². The molecule has 3 rings (SSSR count). The first-order chi connectivity index (χ1) is 11.6. The van der Waals surface area contributed by atoms with Crippen LogP contribution in [0.15, 0.2) is 18.3 Å². The van der Waals surface area contributed by atoms with E-state index in [2.05, 4.69) is 25.3 Å². The first kappa shape index (κ1) is 16.0. The molecular weight excluding hydrogens is 310 g/mol. The lowest BCUT2D eigenvalue weighted by atomic mass is 9.95. The molecule has 0 radical (unpaired) electrons. The first-order valence-corrected chi connectivity index (χ1v) is 7.75. The molecule has 2 heterocycles. The number of methoxy groups -OCH3 is 1. The van der Waals surface area contributed by atoms with Crippen molar-refractivity contribution in [2.45, 2.75) is 25.7 Å². The van der Waals surface area contributed by atoms with Crippen molar-refractivity contribution in [3.05, 3.63) is 29.6 Å². The average molecular weight is 329 g/mol. The number of carbonyl (C=O) groups is 2. The Labute approximate surface area is 138 Å². The Bertz CT molecular complexity index is 803. The molecule has 1 aliphatic rings. The third-order valence-corrected chi connectivity index (χ3v) is 4.05. The Morgan fingerprint density at radius 3 is 2.92 bits per heavy atom. The minimum atomic E-state index is -0.585. The number of hydrogen-bond acceptors (Lipinski definition) is 5. The predicted molar refractivity (Wildman–Crippen MR) is 87.2 cm³/mol. The summed E-state index contributed by atoms with van der Waals surface area (Å²) in [5, 5.41) is 14.5. The van der Waals surface area contributed by atoms with Crippen LogP contribution in [-0.4, -0.2) is 39.0 Å². The Morgan fingerprint density at radius 1 is 1.33 bits per heavy atom. The number of amides is 1. The minimum Gasteiger partial charge on any atom is -0.466 e. The minimum absolute atomic E-state index is 0.431. The van der Waals surface area contributed by atoms with Crippen LogP contribution in [0.1, 0.15) is 24.1 Å². The van der Waals surface area contributed by atoms with Crippen LogP contribution in [0.25, 0.3) is 11.4 Å². The summed E-state index contributed by atoms with van der Waals surface area (Å²) in [6, 6.07) is 0. The zero-order valence-corrected chi connectivity index (χ0v) is 13.6. The molecule has 0 unspecified atom stereocenters. The van der Waals surface area contributed by atoms with Gasteiger partial charge in [-0.05, 0) is 25.7 Å². The molecule has 126 valence electrons. The molecule has 1 aliphatic carbocycles. The standard InChI is InChI=1S/C16H19N5O3/c1-21-16(15-10-5-3-4-6-11(10)19-20-15)12(9-17-21)18-13(22)7-8-14(23)24-2/h7-9H,3-6H2,1-2H3,(H,18,22)(H,19,20)/b8-7+. The van der Waals surface area contributed by atoms with Gasteiger partial charge >= 0.3 is 5.97 Å². The summed E-state index contributed by atoms with van der Waals surface area (Å²) in [5.74, 6) is -1.02. The molecule has 0 saturated carbocycles. The van der Waals surface area contributed by atoms with Crippen molar-refractivity contribution in [1.82, 2.24) is 20.0 Å². The highest BCUT2D eigenvalue weighted by Crippen LogP contribution is 2.33. The van der Waals surface area contributed by atoms with Crippen molar-refractivity contribution in [1.29, 1.82) is 0 Å². The molecule has 0 aromatic carbocycles. The van der Waals surface area contributed by atoms with Crippen LogP contribution in [-0.2, 0) is 34.2 Å². The van der Waals surface area contributed by atoms with Gasteiger partial charge in [0.2, 0.25) is 5.91 Å². The summed E-state index contributed by atoms with van der Waals surface area (Å²) >= 11 is 0. The van der Waals surface area contributed by atoms with Crippen LogP contribution < -0.4 is 5.32 Å². The van der Waals surface area contributed by atoms with Gasteiger partial charge in [0, 0.05) is 30.5 Å². The van der Waals surface area contributed by atoms with Crippen LogP contribution >= 0.6 is 0 Å². The first-order valence-electron chi connectivity index (χ1n) is 7.75. The van der Waals surface area contributed by atoms with Gasteiger partial charge in [0.1, 0.15) is 11.4 Å². The number of carbonyl (C=O) groups excluding carboxylic acids is 2. The number of H-pyrrole nitrogens is 1. The molecular formula is C16H19N5O3. The van der Waals surface area contributed by atoms with E-state index in [1.165, 1.54) is 12.7 Å². The Hall–Kier alpha value is -2.90. The molecule has 0 fully saturated rings. The SMILES string of the molecule is COC(=O)/C=C/C(=O)Nc1cnn(C)c1-c1n[nH]c2c1CCCC2. The lowest BCUT2D eigenvalue weighted by Gasteiger charge is -2.12. The van der Waals surface area contributed by atoms with Gasteiger partial charge in [0.15, 0.2) is 0 Å². The zero-order valence-electron chi connectivity index (χ0n) is 13.6. The van der Waals surface area contributed by atoms with E-state index < -0.39 is 11.9 Å². The lowest BCUT2D eigenvalue weighted by Crippen LogP contribution is -2.10. The quantitative estimate of drug-likeness (QED) is 0.651. The summed E-state index contributed by atoms with van der Waals surface area (Å²) in [5.41, 5.74) is 4.45. The fourth-order valence-electron chi connectivity index (χ4n) is 2.87. The van der Waals surface area contributed by atoms with Crippen LogP contribution in [0.4, 0.5) is 5.69 Å². The van der Waals surface area contributed by atoms with E-state index in [4.69, 9.17) is 0 Å². The summed E-state index contributed by atoms with van der Waals surface area (Å²) in [6.07, 6.45) is 8.00. The van der Waals surface area contributed by atoms with Crippen LogP contribution in [0.5, 0.6) is 0 Å². The van der Waals surface area contributed by atoms with E-state index in [1.807, 2.05) is 0 Å². The van der Waals surface area contributed by atoms with E-state index in [0.717, 1.165) is 54.9 Å². The van der Waals surface area contributed by atoms with Gasteiger partial charge in [-0.3, -0.25) is 14.6 Å². The highest BCUT2D eigenvalue weighted by Gasteiger charge is 2.23. The maximum absolute atomic E-state index is 12.0. The third-order valence-electron chi connectivity index (χ3n) is 4.05. The Kier molecular flexibility index (Phi) is 4.45. The monoisotopic (exact) mass is 329 g/mol. The van der Waals surface area contributed by atoms with Crippen LogP contribution in [0.3, 0.4) is 0 Å². The lowest BCUT2D eigenvalue weighted by molar-refractivity contribution is -0.135. The highest BCUT2D eigenvalue weighted by atomic mass is 16.5. The van der Waals surface area contributed by atoms with Crippen molar-refractivity contribution >= 4 is 17.6 Å². The maximum atomic E-state index is 12.0. The Morgan fingerprint density at radius 2 is 2.12 bits per heavy atom. The molecule has 2 aromatic rings. The molecule has 2 aromatic heterocycles. The van der Waals surface area contributed by atoms with Gasteiger partial charge in [-0.15, -0.1) is 0 Å². The molecule has 0 aliphatic heterocycles. The number of aromatic amines is 1. The fraction of sp³-hybridized carbons (Fsp3) is 0.375. The smallest absolute Gasteiger partial charge is 0.330 e. The molecule has 0 atom stereocenters. The third kappa shape index (κ3) is 3.08. The van der Waals surface area contributed by atoms with Gasteiger partial charge < -0.3 is 10.1 Å². The van der Waals surface area contributed by atoms with E-state index in [9.17, 15) is 9.59 Å². The van der Waals surface area contributed by atoms with E-state index >= 15 is 0 Å². The average Bonchev–Trinajstić information content (AvgIpc) is 3.16. The highest BCUT2D eigenvalue weighted by molar-refractivity contribution is 6.04. The number of aromatic nitrogens is 4. The molecule has 24 heavy (non-hydrogen) atoms.